The quantitative estimate of drug-likeness (QED) is 0.717. The summed E-state index contributed by atoms with van der Waals surface area (Å²) in [6.07, 6.45) is 0. The fourth-order valence-corrected chi connectivity index (χ4v) is 2.15. The van der Waals surface area contributed by atoms with Crippen molar-refractivity contribution in [3.8, 4) is 0 Å². The smallest absolute Gasteiger partial charge is 0.0195 e. The van der Waals surface area contributed by atoms with Crippen molar-refractivity contribution in [1.29, 1.82) is 0 Å². The molecule has 2 heteroatoms. The van der Waals surface area contributed by atoms with Crippen LogP contribution in [-0.2, 0) is 0 Å². The van der Waals surface area contributed by atoms with Crippen LogP contribution in [0.2, 0.25) is 0 Å². The van der Waals surface area contributed by atoms with Gasteiger partial charge in [0.15, 0.2) is 0 Å². The maximum Gasteiger partial charge on any atom is 0.0195 e. The first-order valence-corrected chi connectivity index (χ1v) is 7.17. The predicted octanol–water partition coefficient (Wildman–Crippen LogP) is 3.47. The first kappa shape index (κ1) is 18.3. The van der Waals surface area contributed by atoms with Gasteiger partial charge in [-0.15, -0.1) is 0 Å². The third-order valence-electron chi connectivity index (χ3n) is 3.06. The maximum absolute atomic E-state index is 2.57. The van der Waals surface area contributed by atoms with Crippen LogP contribution in [-0.4, -0.2) is 48.1 Å². The minimum Gasteiger partial charge on any atom is -0.298 e. The SMILES string of the molecule is CC.CC.CCN1CC(C)N(CC)CC1C. The molecule has 16 heavy (non-hydrogen) atoms. The zero-order valence-electron chi connectivity index (χ0n) is 12.9. The highest BCUT2D eigenvalue weighted by Gasteiger charge is 2.26. The van der Waals surface area contributed by atoms with E-state index >= 15 is 0 Å². The monoisotopic (exact) mass is 230 g/mol. The molecule has 1 fully saturated rings. The second-order valence-electron chi connectivity index (χ2n) is 3.87. The predicted molar refractivity (Wildman–Crippen MR) is 76.1 cm³/mol. The highest BCUT2D eigenvalue weighted by atomic mass is 15.3. The molecule has 1 saturated heterocycles. The van der Waals surface area contributed by atoms with Gasteiger partial charge in [-0.3, -0.25) is 9.80 Å². The van der Waals surface area contributed by atoms with Crippen LogP contribution in [0.1, 0.15) is 55.4 Å². The van der Waals surface area contributed by atoms with Crippen LogP contribution in [0, 0.1) is 0 Å². The molecule has 0 saturated carbocycles. The van der Waals surface area contributed by atoms with Crippen LogP contribution in [0.25, 0.3) is 0 Å². The number of rotatable bonds is 2. The van der Waals surface area contributed by atoms with Crippen molar-refractivity contribution in [3.63, 3.8) is 0 Å². The van der Waals surface area contributed by atoms with Crippen molar-refractivity contribution in [1.82, 2.24) is 9.80 Å². The van der Waals surface area contributed by atoms with Gasteiger partial charge in [0.25, 0.3) is 0 Å². The van der Waals surface area contributed by atoms with Crippen molar-refractivity contribution in [2.24, 2.45) is 0 Å². The Morgan fingerprint density at radius 3 is 1.19 bits per heavy atom. The third-order valence-corrected chi connectivity index (χ3v) is 3.06. The number of hydrogen-bond acceptors (Lipinski definition) is 2. The molecule has 0 aliphatic carbocycles. The molecule has 2 atom stereocenters. The third kappa shape index (κ3) is 5.86. The van der Waals surface area contributed by atoms with Gasteiger partial charge in [-0.1, -0.05) is 41.5 Å². The Morgan fingerprint density at radius 1 is 0.750 bits per heavy atom. The molecule has 0 N–H and O–H groups in total. The first-order chi connectivity index (χ1) is 7.69. The summed E-state index contributed by atoms with van der Waals surface area (Å²) in [7, 11) is 0. The molecular formula is C14H34N2. The van der Waals surface area contributed by atoms with Crippen LogP contribution in [0.4, 0.5) is 0 Å². The Kier molecular flexibility index (Phi) is 13.0. The molecule has 100 valence electrons. The molecule has 0 aromatic heterocycles. The van der Waals surface area contributed by atoms with Gasteiger partial charge < -0.3 is 0 Å². The maximum atomic E-state index is 2.57. The van der Waals surface area contributed by atoms with E-state index in [9.17, 15) is 0 Å². The Labute approximate surface area is 104 Å². The second-order valence-corrected chi connectivity index (χ2v) is 3.87. The summed E-state index contributed by atoms with van der Waals surface area (Å²) < 4.78 is 0. The van der Waals surface area contributed by atoms with Gasteiger partial charge in [0.1, 0.15) is 0 Å². The summed E-state index contributed by atoms with van der Waals surface area (Å²) in [5.41, 5.74) is 0. The molecule has 1 heterocycles. The average Bonchev–Trinajstić information content (AvgIpc) is 2.36. The van der Waals surface area contributed by atoms with Gasteiger partial charge >= 0.3 is 0 Å². The number of nitrogens with zero attached hydrogens (tertiary/aromatic N) is 2. The Hall–Kier alpha value is -0.0800. The molecule has 0 aromatic carbocycles. The highest BCUT2D eigenvalue weighted by molar-refractivity contribution is 4.82. The Morgan fingerprint density at radius 2 is 1.00 bits per heavy atom. The van der Waals surface area contributed by atoms with Gasteiger partial charge in [0.05, 0.1) is 0 Å². The van der Waals surface area contributed by atoms with E-state index in [1.807, 2.05) is 27.7 Å². The minimum atomic E-state index is 0.742. The Bertz CT molecular complexity index is 121. The van der Waals surface area contributed by atoms with E-state index in [0.717, 1.165) is 12.1 Å². The molecule has 2 unspecified atom stereocenters. The fraction of sp³-hybridized carbons (Fsp3) is 1.00. The molecule has 1 aliphatic rings. The van der Waals surface area contributed by atoms with Gasteiger partial charge in [0.2, 0.25) is 0 Å². The Balaban J connectivity index is 0. The normalized spacial score (nSPS) is 26.2. The molecule has 0 aromatic rings. The number of hydrogen-bond donors (Lipinski definition) is 0. The van der Waals surface area contributed by atoms with Gasteiger partial charge in [-0.05, 0) is 26.9 Å². The second kappa shape index (κ2) is 11.4. The minimum absolute atomic E-state index is 0.742. The summed E-state index contributed by atoms with van der Waals surface area (Å²) in [4.78, 5) is 5.13. The zero-order valence-corrected chi connectivity index (χ0v) is 12.9. The largest absolute Gasteiger partial charge is 0.298 e. The van der Waals surface area contributed by atoms with Crippen molar-refractivity contribution < 1.29 is 0 Å². The molecule has 0 amide bonds. The first-order valence-electron chi connectivity index (χ1n) is 7.17. The number of piperazine rings is 1. The lowest BCUT2D eigenvalue weighted by molar-refractivity contribution is 0.0501. The van der Waals surface area contributed by atoms with Crippen LogP contribution >= 0.6 is 0 Å². The van der Waals surface area contributed by atoms with Gasteiger partial charge in [-0.25, -0.2) is 0 Å². The summed E-state index contributed by atoms with van der Waals surface area (Å²) in [6, 6.07) is 1.48. The van der Waals surface area contributed by atoms with E-state index in [-0.39, 0.29) is 0 Å². The van der Waals surface area contributed by atoms with Gasteiger partial charge in [0, 0.05) is 25.2 Å². The van der Waals surface area contributed by atoms with Crippen molar-refractivity contribution in [2.75, 3.05) is 26.2 Å². The summed E-state index contributed by atoms with van der Waals surface area (Å²) in [6.45, 7) is 22.1. The lowest BCUT2D eigenvalue weighted by Crippen LogP contribution is -2.55. The molecule has 1 rings (SSSR count). The van der Waals surface area contributed by atoms with Gasteiger partial charge in [-0.2, -0.15) is 0 Å². The molecule has 2 nitrogen and oxygen atoms in total. The highest BCUT2D eigenvalue weighted by Crippen LogP contribution is 2.13. The van der Waals surface area contributed by atoms with E-state index in [1.54, 1.807) is 0 Å². The summed E-state index contributed by atoms with van der Waals surface area (Å²) in [5.74, 6) is 0. The molecule has 0 radical (unpaired) electrons. The summed E-state index contributed by atoms with van der Waals surface area (Å²) >= 11 is 0. The van der Waals surface area contributed by atoms with E-state index in [1.165, 1.54) is 26.2 Å². The average molecular weight is 230 g/mol. The van der Waals surface area contributed by atoms with Crippen LogP contribution in [0.15, 0.2) is 0 Å². The summed E-state index contributed by atoms with van der Waals surface area (Å²) in [5, 5.41) is 0. The van der Waals surface area contributed by atoms with E-state index in [2.05, 4.69) is 37.5 Å². The lowest BCUT2D eigenvalue weighted by Gasteiger charge is -2.43. The van der Waals surface area contributed by atoms with Crippen molar-refractivity contribution in [3.05, 3.63) is 0 Å². The van der Waals surface area contributed by atoms with E-state index in [4.69, 9.17) is 0 Å². The van der Waals surface area contributed by atoms with E-state index < -0.39 is 0 Å². The lowest BCUT2D eigenvalue weighted by atomic mass is 10.1. The number of likely N-dealkylation sites (N-methyl/N-ethyl adjacent to an activating group) is 2. The van der Waals surface area contributed by atoms with Crippen molar-refractivity contribution >= 4 is 0 Å². The van der Waals surface area contributed by atoms with Crippen LogP contribution in [0.3, 0.4) is 0 Å². The zero-order chi connectivity index (χ0) is 13.1. The van der Waals surface area contributed by atoms with Crippen LogP contribution in [0.5, 0.6) is 0 Å². The fourth-order valence-electron chi connectivity index (χ4n) is 2.15. The van der Waals surface area contributed by atoms with Crippen molar-refractivity contribution in [2.45, 2.75) is 67.5 Å². The van der Waals surface area contributed by atoms with E-state index in [0.29, 0.717) is 0 Å². The van der Waals surface area contributed by atoms with Crippen LogP contribution < -0.4 is 0 Å². The molecular weight excluding hydrogens is 196 g/mol. The molecule has 0 bridgehead atoms. The molecule has 0 spiro atoms. The molecule has 1 aliphatic heterocycles. The topological polar surface area (TPSA) is 6.48 Å². The standard InChI is InChI=1S/C10H22N2.2C2H6/c1-5-11-7-10(4)12(6-2)8-9(11)3;2*1-2/h9-10H,5-8H2,1-4H3;2*1-2H3.